The number of hydrogen-bond acceptors (Lipinski definition) is 3. The maximum absolute atomic E-state index is 8.35. The molecule has 12 heavy (non-hydrogen) atoms. The Hall–Kier alpha value is -1.56. The normalized spacial score (nSPS) is 9.00. The topological polar surface area (TPSA) is 45.9 Å². The second kappa shape index (κ2) is 4.35. The van der Waals surface area contributed by atoms with Crippen molar-refractivity contribution in [2.45, 2.75) is 12.8 Å². The Morgan fingerprint density at radius 2 is 2.50 bits per heavy atom. The molecule has 1 rings (SSSR count). The number of methoxy groups -OCH3 is 1. The molecule has 0 N–H and O–H groups in total. The minimum atomic E-state index is 0.500. The lowest BCUT2D eigenvalue weighted by Crippen LogP contribution is -1.90. The molecule has 0 atom stereocenters. The largest absolute Gasteiger partial charge is 0.497 e. The number of ether oxygens (including phenoxy) is 1. The van der Waals surface area contributed by atoms with Crippen LogP contribution in [0.3, 0.4) is 0 Å². The molecule has 0 aromatic carbocycles. The first-order chi connectivity index (χ1) is 5.86. The van der Waals surface area contributed by atoms with E-state index in [9.17, 15) is 0 Å². The van der Waals surface area contributed by atoms with Gasteiger partial charge in [-0.05, 0) is 6.07 Å². The summed E-state index contributed by atoms with van der Waals surface area (Å²) in [7, 11) is 1.61. The highest BCUT2D eigenvalue weighted by atomic mass is 16.5. The predicted octanol–water partition coefficient (Wildman–Crippen LogP) is 1.55. The first-order valence-corrected chi connectivity index (χ1v) is 3.72. The Labute approximate surface area is 71.6 Å². The molecule has 0 unspecified atom stereocenters. The number of aromatic nitrogens is 1. The second-order valence-electron chi connectivity index (χ2n) is 2.35. The highest BCUT2D eigenvalue weighted by Crippen LogP contribution is 2.10. The smallest absolute Gasteiger partial charge is 0.122 e. The fraction of sp³-hybridized carbons (Fsp3) is 0.333. The van der Waals surface area contributed by atoms with Gasteiger partial charge in [0.25, 0.3) is 0 Å². The number of aryl methyl sites for hydroxylation is 1. The van der Waals surface area contributed by atoms with Crippen molar-refractivity contribution in [2.24, 2.45) is 0 Å². The molecule has 1 heterocycles. The minimum Gasteiger partial charge on any atom is -0.497 e. The van der Waals surface area contributed by atoms with Gasteiger partial charge in [0, 0.05) is 30.8 Å². The lowest BCUT2D eigenvalue weighted by atomic mass is 10.2. The summed E-state index contributed by atoms with van der Waals surface area (Å²) >= 11 is 0. The van der Waals surface area contributed by atoms with Crippen molar-refractivity contribution in [1.82, 2.24) is 4.98 Å². The summed E-state index contributed by atoms with van der Waals surface area (Å²) in [5, 5.41) is 8.35. The SMILES string of the molecule is COc1ccnc(CCC#N)c1. The van der Waals surface area contributed by atoms with Crippen molar-refractivity contribution < 1.29 is 4.74 Å². The van der Waals surface area contributed by atoms with Gasteiger partial charge in [0.2, 0.25) is 0 Å². The van der Waals surface area contributed by atoms with E-state index in [1.54, 1.807) is 19.4 Å². The van der Waals surface area contributed by atoms with E-state index in [1.165, 1.54) is 0 Å². The Bertz CT molecular complexity index is 291. The Kier molecular flexibility index (Phi) is 3.09. The van der Waals surface area contributed by atoms with Gasteiger partial charge < -0.3 is 4.74 Å². The number of hydrogen-bond donors (Lipinski definition) is 0. The number of pyridine rings is 1. The van der Waals surface area contributed by atoms with Crippen LogP contribution in [0.2, 0.25) is 0 Å². The second-order valence-corrected chi connectivity index (χ2v) is 2.35. The maximum atomic E-state index is 8.35. The Morgan fingerprint density at radius 3 is 3.17 bits per heavy atom. The van der Waals surface area contributed by atoms with Crippen molar-refractivity contribution in [1.29, 1.82) is 5.26 Å². The molecule has 0 aliphatic carbocycles. The molecule has 0 saturated carbocycles. The highest BCUT2D eigenvalue weighted by molar-refractivity contribution is 5.22. The molecule has 1 aromatic heterocycles. The third kappa shape index (κ3) is 2.24. The van der Waals surface area contributed by atoms with E-state index in [2.05, 4.69) is 11.1 Å². The molecule has 0 saturated heterocycles. The molecular formula is C9H10N2O. The van der Waals surface area contributed by atoms with Crippen molar-refractivity contribution in [3.8, 4) is 11.8 Å². The maximum Gasteiger partial charge on any atom is 0.122 e. The van der Waals surface area contributed by atoms with Crippen LogP contribution in [0, 0.1) is 11.3 Å². The standard InChI is InChI=1S/C9H10N2O/c1-12-9-4-6-11-8(7-9)3-2-5-10/h4,6-7H,2-3H2,1H3. The summed E-state index contributed by atoms with van der Waals surface area (Å²) in [4.78, 5) is 4.09. The summed E-state index contributed by atoms with van der Waals surface area (Å²) in [5.41, 5.74) is 0.899. The Balaban J connectivity index is 2.67. The molecule has 0 amide bonds. The molecule has 62 valence electrons. The van der Waals surface area contributed by atoms with Crippen LogP contribution < -0.4 is 4.74 Å². The van der Waals surface area contributed by atoms with Gasteiger partial charge in [0.1, 0.15) is 5.75 Å². The lowest BCUT2D eigenvalue weighted by Gasteiger charge is -2.00. The number of nitriles is 1. The van der Waals surface area contributed by atoms with Gasteiger partial charge in [-0.1, -0.05) is 0 Å². The van der Waals surface area contributed by atoms with Gasteiger partial charge >= 0.3 is 0 Å². The van der Waals surface area contributed by atoms with Crippen molar-refractivity contribution >= 4 is 0 Å². The highest BCUT2D eigenvalue weighted by Gasteiger charge is 1.95. The minimum absolute atomic E-state index is 0.500. The van der Waals surface area contributed by atoms with Crippen LogP contribution in [0.5, 0.6) is 5.75 Å². The van der Waals surface area contributed by atoms with Crippen LogP contribution in [0.15, 0.2) is 18.3 Å². The zero-order valence-electron chi connectivity index (χ0n) is 6.95. The lowest BCUT2D eigenvalue weighted by molar-refractivity contribution is 0.413. The first-order valence-electron chi connectivity index (χ1n) is 3.72. The third-order valence-electron chi connectivity index (χ3n) is 1.52. The van der Waals surface area contributed by atoms with Crippen LogP contribution in [-0.4, -0.2) is 12.1 Å². The number of nitrogens with zero attached hydrogens (tertiary/aromatic N) is 2. The molecule has 0 aliphatic heterocycles. The molecule has 3 nitrogen and oxygen atoms in total. The van der Waals surface area contributed by atoms with Crippen molar-refractivity contribution in [2.75, 3.05) is 7.11 Å². The van der Waals surface area contributed by atoms with Gasteiger partial charge in [-0.2, -0.15) is 5.26 Å². The van der Waals surface area contributed by atoms with Crippen molar-refractivity contribution in [3.63, 3.8) is 0 Å². The van der Waals surface area contributed by atoms with E-state index >= 15 is 0 Å². The average Bonchev–Trinajstić information content (AvgIpc) is 2.15. The molecule has 0 spiro atoms. The summed E-state index contributed by atoms with van der Waals surface area (Å²) in [6, 6.07) is 5.70. The van der Waals surface area contributed by atoms with E-state index in [1.807, 2.05) is 6.07 Å². The zero-order chi connectivity index (χ0) is 8.81. The fourth-order valence-corrected chi connectivity index (χ4v) is 0.904. The van der Waals surface area contributed by atoms with Crippen LogP contribution in [0.1, 0.15) is 12.1 Å². The van der Waals surface area contributed by atoms with E-state index in [4.69, 9.17) is 10.00 Å². The van der Waals surface area contributed by atoms with Gasteiger partial charge in [0.15, 0.2) is 0 Å². The van der Waals surface area contributed by atoms with Gasteiger partial charge in [-0.25, -0.2) is 0 Å². The van der Waals surface area contributed by atoms with Gasteiger partial charge in [0.05, 0.1) is 13.2 Å². The third-order valence-corrected chi connectivity index (χ3v) is 1.52. The molecule has 0 radical (unpaired) electrons. The molecule has 0 bridgehead atoms. The summed E-state index contributed by atoms with van der Waals surface area (Å²) < 4.78 is 5.01. The number of rotatable bonds is 3. The van der Waals surface area contributed by atoms with E-state index in [0.29, 0.717) is 12.8 Å². The fourth-order valence-electron chi connectivity index (χ4n) is 0.904. The molecule has 3 heteroatoms. The van der Waals surface area contributed by atoms with Crippen LogP contribution in [-0.2, 0) is 6.42 Å². The summed E-state index contributed by atoms with van der Waals surface area (Å²) in [6.07, 6.45) is 2.87. The van der Waals surface area contributed by atoms with Crippen LogP contribution in [0.25, 0.3) is 0 Å². The first kappa shape index (κ1) is 8.54. The predicted molar refractivity (Wildman–Crippen MR) is 44.7 cm³/mol. The van der Waals surface area contributed by atoms with Crippen LogP contribution in [0.4, 0.5) is 0 Å². The van der Waals surface area contributed by atoms with E-state index in [0.717, 1.165) is 11.4 Å². The van der Waals surface area contributed by atoms with Crippen molar-refractivity contribution in [3.05, 3.63) is 24.0 Å². The Morgan fingerprint density at radius 1 is 1.67 bits per heavy atom. The van der Waals surface area contributed by atoms with E-state index < -0.39 is 0 Å². The molecule has 1 aromatic rings. The molecular weight excluding hydrogens is 152 g/mol. The van der Waals surface area contributed by atoms with E-state index in [-0.39, 0.29) is 0 Å². The summed E-state index contributed by atoms with van der Waals surface area (Å²) in [6.45, 7) is 0. The van der Waals surface area contributed by atoms with Gasteiger partial charge in [-0.3, -0.25) is 4.98 Å². The molecule has 0 aliphatic rings. The monoisotopic (exact) mass is 162 g/mol. The average molecular weight is 162 g/mol. The molecule has 0 fully saturated rings. The van der Waals surface area contributed by atoms with Crippen LogP contribution >= 0.6 is 0 Å². The van der Waals surface area contributed by atoms with Gasteiger partial charge in [-0.15, -0.1) is 0 Å². The summed E-state index contributed by atoms with van der Waals surface area (Å²) in [5.74, 6) is 0.790. The zero-order valence-corrected chi connectivity index (χ0v) is 6.95. The quantitative estimate of drug-likeness (QED) is 0.677.